The molecule has 0 spiro atoms. The van der Waals surface area contributed by atoms with Gasteiger partial charge in [0.25, 0.3) is 5.91 Å². The number of imide groups is 1. The second-order valence-electron chi connectivity index (χ2n) is 8.06. The van der Waals surface area contributed by atoms with Crippen LogP contribution in [0.15, 0.2) is 18.2 Å². The highest BCUT2D eigenvalue weighted by Gasteiger charge is 2.26. The van der Waals surface area contributed by atoms with Crippen LogP contribution in [0, 0.1) is 5.82 Å². The SMILES string of the molecule is COc1ccc(F)cc1C[NH+]1CC[NH+](CC(=O)NC(=O)NC(C)(C)C)CC1. The number of methoxy groups -OCH3 is 1. The average molecular weight is 382 g/mol. The Morgan fingerprint density at radius 2 is 1.78 bits per heavy atom. The van der Waals surface area contributed by atoms with Crippen molar-refractivity contribution in [3.8, 4) is 5.75 Å². The van der Waals surface area contributed by atoms with Crippen LogP contribution in [0.5, 0.6) is 5.75 Å². The van der Waals surface area contributed by atoms with E-state index >= 15 is 0 Å². The first-order valence-corrected chi connectivity index (χ1v) is 9.28. The highest BCUT2D eigenvalue weighted by Crippen LogP contribution is 2.18. The van der Waals surface area contributed by atoms with Crippen LogP contribution in [0.2, 0.25) is 0 Å². The van der Waals surface area contributed by atoms with Crippen molar-refractivity contribution in [1.82, 2.24) is 10.6 Å². The fourth-order valence-electron chi connectivity index (χ4n) is 3.24. The van der Waals surface area contributed by atoms with Crippen LogP contribution in [0.3, 0.4) is 0 Å². The van der Waals surface area contributed by atoms with E-state index in [1.807, 2.05) is 20.8 Å². The average Bonchev–Trinajstić information content (AvgIpc) is 2.55. The summed E-state index contributed by atoms with van der Waals surface area (Å²) in [7, 11) is 1.59. The van der Waals surface area contributed by atoms with Gasteiger partial charge < -0.3 is 19.9 Å². The van der Waals surface area contributed by atoms with Crippen molar-refractivity contribution in [2.75, 3.05) is 39.8 Å². The van der Waals surface area contributed by atoms with E-state index in [-0.39, 0.29) is 23.8 Å². The van der Waals surface area contributed by atoms with E-state index in [0.29, 0.717) is 12.3 Å². The molecule has 7 nitrogen and oxygen atoms in total. The van der Waals surface area contributed by atoms with Crippen molar-refractivity contribution in [3.63, 3.8) is 0 Å². The maximum atomic E-state index is 13.5. The molecule has 150 valence electrons. The monoisotopic (exact) mass is 382 g/mol. The first kappa shape index (κ1) is 21.1. The summed E-state index contributed by atoms with van der Waals surface area (Å²) in [6.45, 7) is 9.92. The van der Waals surface area contributed by atoms with Crippen molar-refractivity contribution in [1.29, 1.82) is 0 Å². The summed E-state index contributed by atoms with van der Waals surface area (Å²) in [6, 6.07) is 4.10. The number of benzene rings is 1. The van der Waals surface area contributed by atoms with E-state index in [0.717, 1.165) is 36.6 Å². The molecule has 1 heterocycles. The molecule has 0 aromatic heterocycles. The van der Waals surface area contributed by atoms with Crippen LogP contribution < -0.4 is 25.2 Å². The van der Waals surface area contributed by atoms with Crippen molar-refractivity contribution in [2.45, 2.75) is 32.9 Å². The normalized spacial score (nSPS) is 20.0. The zero-order valence-corrected chi connectivity index (χ0v) is 16.6. The third-order valence-corrected chi connectivity index (χ3v) is 4.50. The number of hydrogen-bond donors (Lipinski definition) is 4. The number of rotatable bonds is 5. The van der Waals surface area contributed by atoms with Crippen LogP contribution in [-0.4, -0.2) is 57.3 Å². The first-order chi connectivity index (χ1) is 12.7. The molecule has 0 atom stereocenters. The number of carbonyl (C=O) groups excluding carboxylic acids is 2. The summed E-state index contributed by atoms with van der Waals surface area (Å²) >= 11 is 0. The lowest BCUT2D eigenvalue weighted by atomic mass is 10.1. The molecule has 27 heavy (non-hydrogen) atoms. The van der Waals surface area contributed by atoms with Gasteiger partial charge in [0.2, 0.25) is 0 Å². The summed E-state index contributed by atoms with van der Waals surface area (Å²) in [4.78, 5) is 26.3. The molecule has 1 saturated heterocycles. The summed E-state index contributed by atoms with van der Waals surface area (Å²) in [5.74, 6) is 0.157. The molecule has 2 rings (SSSR count). The third kappa shape index (κ3) is 7.15. The second-order valence-corrected chi connectivity index (χ2v) is 8.06. The molecule has 0 radical (unpaired) electrons. The minimum absolute atomic E-state index is 0.264. The van der Waals surface area contributed by atoms with E-state index in [1.54, 1.807) is 13.2 Å². The van der Waals surface area contributed by atoms with Crippen LogP contribution in [0.4, 0.5) is 9.18 Å². The summed E-state index contributed by atoms with van der Waals surface area (Å²) in [5, 5.41) is 5.09. The Kier molecular flexibility index (Phi) is 7.15. The molecule has 8 heteroatoms. The van der Waals surface area contributed by atoms with E-state index < -0.39 is 6.03 Å². The number of quaternary nitrogens is 2. The molecule has 0 bridgehead atoms. The van der Waals surface area contributed by atoms with Crippen molar-refractivity contribution in [3.05, 3.63) is 29.6 Å². The van der Waals surface area contributed by atoms with Crippen LogP contribution in [-0.2, 0) is 11.3 Å². The molecule has 0 saturated carbocycles. The van der Waals surface area contributed by atoms with Gasteiger partial charge in [0.1, 0.15) is 44.3 Å². The minimum Gasteiger partial charge on any atom is -0.496 e. The predicted molar refractivity (Wildman–Crippen MR) is 99.3 cm³/mol. The van der Waals surface area contributed by atoms with Crippen LogP contribution >= 0.6 is 0 Å². The fraction of sp³-hybridized carbons (Fsp3) is 0.579. The van der Waals surface area contributed by atoms with Crippen molar-refractivity contribution >= 4 is 11.9 Å². The zero-order chi connectivity index (χ0) is 20.0. The topological polar surface area (TPSA) is 76.3 Å². The number of ether oxygens (including phenoxy) is 1. The molecule has 0 unspecified atom stereocenters. The van der Waals surface area contributed by atoms with Crippen molar-refractivity contribution in [2.24, 2.45) is 0 Å². The molecule has 1 aromatic carbocycles. The summed E-state index contributed by atoms with van der Waals surface area (Å²) in [5.41, 5.74) is 0.469. The Hall–Kier alpha value is -2.19. The summed E-state index contributed by atoms with van der Waals surface area (Å²) in [6.07, 6.45) is 0. The van der Waals surface area contributed by atoms with Crippen LogP contribution in [0.25, 0.3) is 0 Å². The van der Waals surface area contributed by atoms with Gasteiger partial charge in [0.05, 0.1) is 12.7 Å². The number of urea groups is 1. The molecule has 3 amide bonds. The number of nitrogens with one attached hydrogen (secondary N) is 4. The Labute approximate surface area is 159 Å². The fourth-order valence-corrected chi connectivity index (χ4v) is 3.24. The quantitative estimate of drug-likeness (QED) is 0.514. The lowest BCUT2D eigenvalue weighted by Gasteiger charge is -2.29. The number of amides is 3. The van der Waals surface area contributed by atoms with E-state index in [9.17, 15) is 14.0 Å². The van der Waals surface area contributed by atoms with Gasteiger partial charge in [-0.05, 0) is 39.0 Å². The number of hydrogen-bond acceptors (Lipinski definition) is 3. The van der Waals surface area contributed by atoms with Gasteiger partial charge in [0.15, 0.2) is 6.54 Å². The van der Waals surface area contributed by atoms with E-state index in [1.165, 1.54) is 17.0 Å². The Morgan fingerprint density at radius 1 is 1.15 bits per heavy atom. The Bertz CT molecular complexity index is 667. The standard InChI is InChI=1S/C19H29FN4O3/c1-19(2,3)22-18(26)21-17(25)13-24-9-7-23(8-10-24)12-14-11-15(20)5-6-16(14)27-4/h5-6,11H,7-10,12-13H2,1-4H3,(H2,21,22,25,26)/p+2. The minimum atomic E-state index is -0.464. The van der Waals surface area contributed by atoms with Gasteiger partial charge in [-0.15, -0.1) is 0 Å². The zero-order valence-electron chi connectivity index (χ0n) is 16.6. The van der Waals surface area contributed by atoms with Gasteiger partial charge in [-0.3, -0.25) is 10.1 Å². The highest BCUT2D eigenvalue weighted by molar-refractivity contribution is 5.94. The number of halogens is 1. The first-order valence-electron chi connectivity index (χ1n) is 9.28. The van der Waals surface area contributed by atoms with Gasteiger partial charge in [-0.1, -0.05) is 0 Å². The lowest BCUT2D eigenvalue weighted by Crippen LogP contribution is -3.28. The summed E-state index contributed by atoms with van der Waals surface area (Å²) < 4.78 is 18.8. The van der Waals surface area contributed by atoms with Crippen molar-refractivity contribution < 1.29 is 28.5 Å². The molecular formula is C19H31FN4O3+2. The van der Waals surface area contributed by atoms with Gasteiger partial charge in [0, 0.05) is 5.54 Å². The largest absolute Gasteiger partial charge is 0.496 e. The van der Waals surface area contributed by atoms with E-state index in [2.05, 4.69) is 10.6 Å². The van der Waals surface area contributed by atoms with Crippen LogP contribution in [0.1, 0.15) is 26.3 Å². The maximum Gasteiger partial charge on any atom is 0.322 e. The smallest absolute Gasteiger partial charge is 0.322 e. The molecular weight excluding hydrogens is 351 g/mol. The molecule has 1 aromatic rings. The second kappa shape index (κ2) is 9.14. The molecule has 1 fully saturated rings. The molecule has 1 aliphatic heterocycles. The molecule has 0 aliphatic carbocycles. The van der Waals surface area contributed by atoms with E-state index in [4.69, 9.17) is 4.74 Å². The number of piperazine rings is 1. The van der Waals surface area contributed by atoms with Gasteiger partial charge in [-0.25, -0.2) is 9.18 Å². The Morgan fingerprint density at radius 3 is 2.37 bits per heavy atom. The number of carbonyl (C=O) groups is 2. The third-order valence-electron chi connectivity index (χ3n) is 4.50. The van der Waals surface area contributed by atoms with Gasteiger partial charge in [-0.2, -0.15) is 0 Å². The Balaban J connectivity index is 1.78. The maximum absolute atomic E-state index is 13.5. The van der Waals surface area contributed by atoms with Gasteiger partial charge >= 0.3 is 6.03 Å². The molecule has 1 aliphatic rings. The lowest BCUT2D eigenvalue weighted by molar-refractivity contribution is -1.02. The molecule has 4 N–H and O–H groups in total. The predicted octanol–water partition coefficient (Wildman–Crippen LogP) is -1.26. The highest BCUT2D eigenvalue weighted by atomic mass is 19.1.